The molecule has 6 aromatic carbocycles. The van der Waals surface area contributed by atoms with E-state index < -0.39 is 0 Å². The van der Waals surface area contributed by atoms with E-state index >= 15 is 0 Å². The van der Waals surface area contributed by atoms with Crippen LogP contribution in [0.2, 0.25) is 0 Å². The van der Waals surface area contributed by atoms with Crippen LogP contribution < -0.4 is 9.80 Å². The van der Waals surface area contributed by atoms with Gasteiger partial charge < -0.3 is 9.80 Å². The van der Waals surface area contributed by atoms with Gasteiger partial charge in [-0.05, 0) is 120 Å². The number of allylic oxidation sites excluding steroid dienone is 2. The molecule has 0 saturated carbocycles. The maximum atomic E-state index is 4.71. The number of para-hydroxylation sites is 1. The van der Waals surface area contributed by atoms with E-state index in [1.807, 2.05) is 60.7 Å². The average molecular weight is 815 g/mol. The van der Waals surface area contributed by atoms with Gasteiger partial charge in [0.25, 0.3) is 0 Å². The Labute approximate surface area is 355 Å². The van der Waals surface area contributed by atoms with Crippen LogP contribution in [0.1, 0.15) is 12.8 Å². The second-order valence-corrected chi connectivity index (χ2v) is 16.2. The first kappa shape index (κ1) is 36.9. The van der Waals surface area contributed by atoms with E-state index in [1.54, 1.807) is 32.3 Å². The summed E-state index contributed by atoms with van der Waals surface area (Å²) >= 11 is 3.31. The lowest BCUT2D eigenvalue weighted by molar-refractivity contribution is 0.779. The third-order valence-corrected chi connectivity index (χ3v) is 12.3. The van der Waals surface area contributed by atoms with Crippen LogP contribution in [0.25, 0.3) is 54.3 Å². The molecule has 10 rings (SSSR count). The Morgan fingerprint density at radius 1 is 0.433 bits per heavy atom. The maximum Gasteiger partial charge on any atom is 0.140 e. The highest BCUT2D eigenvalue weighted by atomic mass is 32.1. The Balaban J connectivity index is 0.874. The summed E-state index contributed by atoms with van der Waals surface area (Å²) in [6, 6.07) is 61.1. The van der Waals surface area contributed by atoms with Crippen molar-refractivity contribution in [3.63, 3.8) is 0 Å². The van der Waals surface area contributed by atoms with Crippen molar-refractivity contribution in [3.8, 4) is 32.3 Å². The van der Waals surface area contributed by atoms with Crippen LogP contribution in [0, 0.1) is 0 Å². The highest BCUT2D eigenvalue weighted by Crippen LogP contribution is 2.41. The van der Waals surface area contributed by atoms with E-state index in [4.69, 9.17) is 20.4 Å². The Morgan fingerprint density at radius 3 is 1.35 bits per heavy atom. The fraction of sp³-hybridized carbons (Fsp3) is 0.0400. The molecule has 0 N–H and O–H groups in total. The minimum absolute atomic E-state index is 0.877. The van der Waals surface area contributed by atoms with Crippen LogP contribution in [0.15, 0.2) is 201 Å². The van der Waals surface area contributed by atoms with E-state index in [9.17, 15) is 0 Å². The second-order valence-electron chi connectivity index (χ2n) is 14.1. The standard InChI is InChI=1S/C50H38N8S2/c1-2-3-4-12-35-55(47-31-33-49(59-47)57-51-43-15-8-9-16-44(43)52-57)40-27-23-38(24-28-40)36-19-21-37(22-20-36)39-25-29-42(30-26-39)56(41-13-6-5-7-14-41)48-32-34-50(60-48)58-53-45-17-10-11-18-46(45)54-58/h2,5-35H,1,3-4H2/b35-12+. The number of rotatable bonds is 13. The van der Waals surface area contributed by atoms with Gasteiger partial charge in [-0.3, -0.25) is 0 Å². The summed E-state index contributed by atoms with van der Waals surface area (Å²) in [7, 11) is 0. The first-order valence-corrected chi connectivity index (χ1v) is 21.4. The third-order valence-electron chi connectivity index (χ3n) is 10.2. The lowest BCUT2D eigenvalue weighted by Gasteiger charge is -2.23. The van der Waals surface area contributed by atoms with Gasteiger partial charge in [-0.15, -0.1) is 36.6 Å². The number of unbranched alkanes of at least 4 members (excludes halogenated alkanes) is 1. The number of aromatic nitrogens is 6. The summed E-state index contributed by atoms with van der Waals surface area (Å²) in [6.45, 7) is 3.89. The van der Waals surface area contributed by atoms with Crippen molar-refractivity contribution < 1.29 is 0 Å². The molecule has 0 fully saturated rings. The molecule has 60 heavy (non-hydrogen) atoms. The van der Waals surface area contributed by atoms with Gasteiger partial charge in [-0.1, -0.05) is 126 Å². The molecule has 0 unspecified atom stereocenters. The summed E-state index contributed by atoms with van der Waals surface area (Å²) in [5.74, 6) is 0. The summed E-state index contributed by atoms with van der Waals surface area (Å²) in [5, 5.41) is 22.9. The van der Waals surface area contributed by atoms with Crippen molar-refractivity contribution in [3.05, 3.63) is 201 Å². The molecule has 0 bridgehead atoms. The predicted octanol–water partition coefficient (Wildman–Crippen LogP) is 13.7. The van der Waals surface area contributed by atoms with Gasteiger partial charge in [0.15, 0.2) is 0 Å². The average Bonchev–Trinajstić information content (AvgIpc) is 4.14. The highest BCUT2D eigenvalue weighted by molar-refractivity contribution is 7.18. The van der Waals surface area contributed by atoms with Gasteiger partial charge in [0.1, 0.15) is 42.1 Å². The van der Waals surface area contributed by atoms with E-state index in [2.05, 4.69) is 150 Å². The number of hydrogen-bond donors (Lipinski definition) is 0. The van der Waals surface area contributed by atoms with E-state index in [0.717, 1.165) is 94.2 Å². The van der Waals surface area contributed by atoms with Gasteiger partial charge in [-0.25, -0.2) is 0 Å². The molecular formula is C50H38N8S2. The summed E-state index contributed by atoms with van der Waals surface area (Å²) in [4.78, 5) is 7.96. The molecule has 4 heterocycles. The molecule has 0 spiro atoms. The predicted molar refractivity (Wildman–Crippen MR) is 250 cm³/mol. The van der Waals surface area contributed by atoms with Crippen LogP contribution in [-0.2, 0) is 0 Å². The molecular weight excluding hydrogens is 777 g/mol. The van der Waals surface area contributed by atoms with Gasteiger partial charge in [0.2, 0.25) is 0 Å². The fourth-order valence-electron chi connectivity index (χ4n) is 7.15. The van der Waals surface area contributed by atoms with Crippen LogP contribution in [0.3, 0.4) is 0 Å². The van der Waals surface area contributed by atoms with Crippen LogP contribution in [0.5, 0.6) is 0 Å². The van der Waals surface area contributed by atoms with E-state index in [0.29, 0.717) is 0 Å². The molecule has 4 aromatic heterocycles. The molecule has 10 heteroatoms. The minimum atomic E-state index is 0.877. The number of benzene rings is 6. The fourth-order valence-corrected chi connectivity index (χ4v) is 9.02. The van der Waals surface area contributed by atoms with E-state index in [-0.39, 0.29) is 0 Å². The lowest BCUT2D eigenvalue weighted by Crippen LogP contribution is -2.08. The van der Waals surface area contributed by atoms with Crippen LogP contribution in [-0.4, -0.2) is 30.0 Å². The summed E-state index contributed by atoms with van der Waals surface area (Å²) < 4.78 is 0. The first-order chi connectivity index (χ1) is 29.7. The molecule has 8 nitrogen and oxygen atoms in total. The Kier molecular flexibility index (Phi) is 10.1. The Morgan fingerprint density at radius 2 is 0.850 bits per heavy atom. The molecule has 0 atom stereocenters. The van der Waals surface area contributed by atoms with Crippen molar-refractivity contribution in [1.29, 1.82) is 0 Å². The second kappa shape index (κ2) is 16.5. The number of fused-ring (bicyclic) bond motifs is 2. The smallest absolute Gasteiger partial charge is 0.140 e. The third kappa shape index (κ3) is 7.53. The van der Waals surface area contributed by atoms with Crippen molar-refractivity contribution in [2.45, 2.75) is 12.8 Å². The number of nitrogens with zero attached hydrogens (tertiary/aromatic N) is 8. The molecule has 10 aromatic rings. The number of thiophene rings is 2. The zero-order valence-corrected chi connectivity index (χ0v) is 34.1. The van der Waals surface area contributed by atoms with Gasteiger partial charge in [0, 0.05) is 23.3 Å². The van der Waals surface area contributed by atoms with Crippen LogP contribution in [0.4, 0.5) is 27.1 Å². The monoisotopic (exact) mass is 814 g/mol. The van der Waals surface area contributed by atoms with Crippen molar-refractivity contribution >= 4 is 71.8 Å². The molecule has 0 radical (unpaired) electrons. The molecule has 0 aliphatic heterocycles. The molecule has 0 amide bonds. The molecule has 290 valence electrons. The highest BCUT2D eigenvalue weighted by Gasteiger charge is 2.17. The molecule has 0 saturated heterocycles. The normalized spacial score (nSPS) is 11.5. The molecule has 0 aliphatic carbocycles. The van der Waals surface area contributed by atoms with Gasteiger partial charge in [0.05, 0.1) is 0 Å². The SMILES string of the molecule is C=CCC/C=C/N(c1ccc(-c2ccc(-c3ccc(N(c4ccccc4)c4ccc(-n5nc6ccccc6n5)s4)cc3)cc2)cc1)c1ccc(-n2nc3ccccc3n2)s1. The van der Waals surface area contributed by atoms with E-state index in [1.165, 1.54) is 0 Å². The van der Waals surface area contributed by atoms with Gasteiger partial charge in [-0.2, -0.15) is 0 Å². The maximum absolute atomic E-state index is 4.71. The zero-order chi connectivity index (χ0) is 40.3. The lowest BCUT2D eigenvalue weighted by atomic mass is 10.00. The van der Waals surface area contributed by atoms with Crippen molar-refractivity contribution in [1.82, 2.24) is 30.0 Å². The summed E-state index contributed by atoms with van der Waals surface area (Å²) in [6.07, 6.45) is 8.14. The first-order valence-electron chi connectivity index (χ1n) is 19.7. The zero-order valence-electron chi connectivity index (χ0n) is 32.5. The number of hydrogen-bond acceptors (Lipinski definition) is 8. The van der Waals surface area contributed by atoms with Crippen LogP contribution >= 0.6 is 22.7 Å². The quantitative estimate of drug-likeness (QED) is 0.0853. The van der Waals surface area contributed by atoms with Crippen molar-refractivity contribution in [2.24, 2.45) is 0 Å². The number of anilines is 5. The topological polar surface area (TPSA) is 67.9 Å². The molecule has 0 aliphatic rings. The minimum Gasteiger partial charge on any atom is -0.309 e. The van der Waals surface area contributed by atoms with Gasteiger partial charge >= 0.3 is 0 Å². The summed E-state index contributed by atoms with van der Waals surface area (Å²) in [5.41, 5.74) is 11.4. The Hall–Kier alpha value is -7.40. The Bertz CT molecular complexity index is 3000. The largest absolute Gasteiger partial charge is 0.309 e. The van der Waals surface area contributed by atoms with Crippen molar-refractivity contribution in [2.75, 3.05) is 9.80 Å².